The summed E-state index contributed by atoms with van der Waals surface area (Å²) in [5.41, 5.74) is 4.19. The maximum Gasteiger partial charge on any atom is 0.0479 e. The highest BCUT2D eigenvalue weighted by Crippen LogP contribution is 2.37. The van der Waals surface area contributed by atoms with Gasteiger partial charge in [0.1, 0.15) is 0 Å². The Morgan fingerprint density at radius 2 is 1.77 bits per heavy atom. The number of fused-ring (bicyclic) bond motifs is 1. The van der Waals surface area contributed by atoms with E-state index in [0.29, 0.717) is 0 Å². The van der Waals surface area contributed by atoms with Crippen LogP contribution in [0.2, 0.25) is 0 Å². The molecule has 4 rings (SSSR count). The summed E-state index contributed by atoms with van der Waals surface area (Å²) in [5, 5.41) is 1.31. The first kappa shape index (κ1) is 21.6. The minimum absolute atomic E-state index is 0.168. The zero-order valence-corrected chi connectivity index (χ0v) is 20.0. The molecule has 2 aromatic carbocycles. The van der Waals surface area contributed by atoms with Gasteiger partial charge in [0.05, 0.1) is 0 Å². The lowest BCUT2D eigenvalue weighted by Gasteiger charge is -2.47. The maximum absolute atomic E-state index is 3.60. The van der Waals surface area contributed by atoms with Gasteiger partial charge in [0, 0.05) is 59.8 Å². The number of rotatable bonds is 7. The largest absolute Gasteiger partial charge is 0.361 e. The van der Waals surface area contributed by atoms with Crippen LogP contribution in [0.5, 0.6) is 0 Å². The first-order valence-electron chi connectivity index (χ1n) is 10.9. The molecule has 0 atom stereocenters. The number of likely N-dealkylation sites (tertiary alicyclic amines) is 1. The minimum Gasteiger partial charge on any atom is -0.361 e. The quantitative estimate of drug-likeness (QED) is 0.532. The molecule has 0 bridgehead atoms. The Balaban J connectivity index is 1.32. The molecule has 2 heterocycles. The van der Waals surface area contributed by atoms with Crippen LogP contribution in [0.25, 0.3) is 10.9 Å². The molecule has 1 saturated heterocycles. The summed E-state index contributed by atoms with van der Waals surface area (Å²) < 4.78 is 1.13. The molecule has 0 unspecified atom stereocenters. The molecule has 1 aromatic heterocycles. The Hall–Kier alpha value is -1.66. The Labute approximate surface area is 189 Å². The first-order chi connectivity index (χ1) is 14.5. The van der Waals surface area contributed by atoms with E-state index in [1.807, 2.05) is 0 Å². The average Bonchev–Trinajstić information content (AvgIpc) is 3.15. The molecule has 160 valence electrons. The van der Waals surface area contributed by atoms with Crippen LogP contribution < -0.4 is 0 Å². The summed E-state index contributed by atoms with van der Waals surface area (Å²) in [6, 6.07) is 17.5. The molecule has 0 amide bonds. The normalized spacial score (nSPS) is 17.3. The molecule has 0 spiro atoms. The van der Waals surface area contributed by atoms with Gasteiger partial charge in [0.25, 0.3) is 0 Å². The molecular weight excluding hydrogens is 436 g/mol. The fraction of sp³-hybridized carbons (Fsp3) is 0.440. The van der Waals surface area contributed by atoms with E-state index in [2.05, 4.69) is 111 Å². The number of piperidine rings is 1. The van der Waals surface area contributed by atoms with Crippen molar-refractivity contribution >= 4 is 26.8 Å². The fourth-order valence-electron chi connectivity index (χ4n) is 4.85. The average molecular weight is 469 g/mol. The molecule has 30 heavy (non-hydrogen) atoms. The number of hydrogen-bond acceptors (Lipinski definition) is 3. The van der Waals surface area contributed by atoms with Gasteiger partial charge < -0.3 is 14.8 Å². The van der Waals surface area contributed by atoms with Crippen molar-refractivity contribution in [2.75, 3.05) is 47.3 Å². The first-order valence-corrected chi connectivity index (χ1v) is 11.7. The molecule has 3 aromatic rings. The summed E-state index contributed by atoms with van der Waals surface area (Å²) in [5.74, 6) is 0. The highest BCUT2D eigenvalue weighted by atomic mass is 79.9. The van der Waals surface area contributed by atoms with E-state index in [1.165, 1.54) is 34.9 Å². The van der Waals surface area contributed by atoms with Crippen LogP contribution in [-0.4, -0.2) is 67.0 Å². The topological polar surface area (TPSA) is 25.5 Å². The molecule has 5 heteroatoms. The van der Waals surface area contributed by atoms with Crippen molar-refractivity contribution in [3.8, 4) is 0 Å². The van der Waals surface area contributed by atoms with Crippen LogP contribution in [0.4, 0.5) is 0 Å². The van der Waals surface area contributed by atoms with Crippen LogP contribution in [0.1, 0.15) is 24.0 Å². The molecule has 1 aliphatic rings. The summed E-state index contributed by atoms with van der Waals surface area (Å²) in [6.07, 6.45) is 4.52. The molecule has 1 aliphatic heterocycles. The SMILES string of the molecule is CN(CCN1CCC(c2ccccc2)(N(C)C)CC1)Cc1c[nH]c2ccc(Br)cc12. The van der Waals surface area contributed by atoms with Crippen molar-refractivity contribution in [1.82, 2.24) is 19.7 Å². The lowest BCUT2D eigenvalue weighted by Crippen LogP contribution is -2.51. The number of nitrogens with zero attached hydrogens (tertiary/aromatic N) is 3. The summed E-state index contributed by atoms with van der Waals surface area (Å²) in [6.45, 7) is 5.49. The number of hydrogen-bond donors (Lipinski definition) is 1. The Bertz CT molecular complexity index is 958. The van der Waals surface area contributed by atoms with E-state index in [0.717, 1.165) is 37.2 Å². The molecule has 1 fully saturated rings. The molecular formula is C25H33BrN4. The van der Waals surface area contributed by atoms with Gasteiger partial charge in [-0.25, -0.2) is 0 Å². The van der Waals surface area contributed by atoms with Gasteiger partial charge in [-0.2, -0.15) is 0 Å². The van der Waals surface area contributed by atoms with E-state index >= 15 is 0 Å². The van der Waals surface area contributed by atoms with Gasteiger partial charge in [-0.3, -0.25) is 4.90 Å². The number of halogens is 1. The lowest BCUT2D eigenvalue weighted by molar-refractivity contribution is 0.0504. The van der Waals surface area contributed by atoms with E-state index in [-0.39, 0.29) is 5.54 Å². The number of likely N-dealkylation sites (N-methyl/N-ethyl adjacent to an activating group) is 1. The van der Waals surface area contributed by atoms with E-state index in [1.54, 1.807) is 0 Å². The highest BCUT2D eigenvalue weighted by Gasteiger charge is 2.37. The van der Waals surface area contributed by atoms with E-state index < -0.39 is 0 Å². The number of benzene rings is 2. The summed E-state index contributed by atoms with van der Waals surface area (Å²) >= 11 is 3.60. The third kappa shape index (κ3) is 4.50. The van der Waals surface area contributed by atoms with Crippen LogP contribution in [0.15, 0.2) is 59.2 Å². The number of nitrogens with one attached hydrogen (secondary N) is 1. The molecule has 4 nitrogen and oxygen atoms in total. The fourth-order valence-corrected chi connectivity index (χ4v) is 5.21. The van der Waals surface area contributed by atoms with Crippen molar-refractivity contribution in [3.05, 3.63) is 70.3 Å². The third-order valence-electron chi connectivity index (χ3n) is 6.82. The van der Waals surface area contributed by atoms with Crippen molar-refractivity contribution in [2.45, 2.75) is 24.9 Å². The molecule has 0 saturated carbocycles. The predicted molar refractivity (Wildman–Crippen MR) is 130 cm³/mol. The molecule has 0 aliphatic carbocycles. The summed E-state index contributed by atoms with van der Waals surface area (Å²) in [4.78, 5) is 10.9. The van der Waals surface area contributed by atoms with Crippen LogP contribution >= 0.6 is 15.9 Å². The van der Waals surface area contributed by atoms with Crippen LogP contribution in [-0.2, 0) is 12.1 Å². The van der Waals surface area contributed by atoms with Gasteiger partial charge in [0.15, 0.2) is 0 Å². The second-order valence-corrected chi connectivity index (χ2v) is 9.79. The Kier molecular flexibility index (Phi) is 6.63. The van der Waals surface area contributed by atoms with Crippen molar-refractivity contribution in [3.63, 3.8) is 0 Å². The van der Waals surface area contributed by atoms with E-state index in [4.69, 9.17) is 0 Å². The van der Waals surface area contributed by atoms with Gasteiger partial charge in [0.2, 0.25) is 0 Å². The minimum atomic E-state index is 0.168. The Morgan fingerprint density at radius 1 is 1.03 bits per heavy atom. The van der Waals surface area contributed by atoms with Gasteiger partial charge in [-0.05, 0) is 63.3 Å². The van der Waals surface area contributed by atoms with E-state index in [9.17, 15) is 0 Å². The van der Waals surface area contributed by atoms with Gasteiger partial charge in [-0.15, -0.1) is 0 Å². The van der Waals surface area contributed by atoms with Crippen molar-refractivity contribution in [2.24, 2.45) is 0 Å². The number of H-pyrrole nitrogens is 1. The number of aromatic nitrogens is 1. The van der Waals surface area contributed by atoms with Crippen molar-refractivity contribution < 1.29 is 0 Å². The molecule has 1 N–H and O–H groups in total. The maximum atomic E-state index is 3.60. The van der Waals surface area contributed by atoms with Gasteiger partial charge in [-0.1, -0.05) is 46.3 Å². The Morgan fingerprint density at radius 3 is 2.47 bits per heavy atom. The monoisotopic (exact) mass is 468 g/mol. The molecule has 0 radical (unpaired) electrons. The smallest absolute Gasteiger partial charge is 0.0479 e. The predicted octanol–water partition coefficient (Wildman–Crippen LogP) is 4.92. The zero-order valence-electron chi connectivity index (χ0n) is 18.4. The lowest BCUT2D eigenvalue weighted by atomic mass is 9.80. The second-order valence-electron chi connectivity index (χ2n) is 8.88. The van der Waals surface area contributed by atoms with Gasteiger partial charge >= 0.3 is 0 Å². The number of aromatic amines is 1. The van der Waals surface area contributed by atoms with Crippen LogP contribution in [0.3, 0.4) is 0 Å². The second kappa shape index (κ2) is 9.23. The highest BCUT2D eigenvalue weighted by molar-refractivity contribution is 9.10. The van der Waals surface area contributed by atoms with Crippen molar-refractivity contribution in [1.29, 1.82) is 0 Å². The van der Waals surface area contributed by atoms with Crippen LogP contribution in [0, 0.1) is 0 Å². The standard InChI is InChI=1S/C25H33BrN4/c1-28(2)25(21-7-5-4-6-8-21)11-13-30(14-12-25)16-15-29(3)19-20-18-27-24-10-9-22(26)17-23(20)24/h4-10,17-18,27H,11-16,19H2,1-3H3. The zero-order chi connectivity index (χ0) is 21.1. The summed E-state index contributed by atoms with van der Waals surface area (Å²) in [7, 11) is 6.70. The third-order valence-corrected chi connectivity index (χ3v) is 7.31.